The molecule has 96 valence electrons. The predicted octanol–water partition coefficient (Wildman–Crippen LogP) is 3.09. The number of nitriles is 1. The van der Waals surface area contributed by atoms with E-state index < -0.39 is 0 Å². The molecule has 3 nitrogen and oxygen atoms in total. The van der Waals surface area contributed by atoms with E-state index in [1.165, 1.54) is 0 Å². The Hall–Kier alpha value is -1.53. The van der Waals surface area contributed by atoms with Crippen LogP contribution < -0.4 is 4.74 Å². The normalized spacial score (nSPS) is 21.5. The lowest BCUT2D eigenvalue weighted by atomic mass is 10.1. The number of hydrogen-bond donors (Lipinski definition) is 0. The maximum atomic E-state index is 8.59. The zero-order valence-corrected chi connectivity index (χ0v) is 11.0. The molecule has 1 aliphatic heterocycles. The summed E-state index contributed by atoms with van der Waals surface area (Å²) in [6.07, 6.45) is 2.78. The van der Waals surface area contributed by atoms with E-state index in [1.54, 1.807) is 0 Å². The Morgan fingerprint density at radius 3 is 2.67 bits per heavy atom. The first-order chi connectivity index (χ1) is 8.59. The fourth-order valence-corrected chi connectivity index (χ4v) is 2.18. The molecule has 0 aliphatic carbocycles. The van der Waals surface area contributed by atoms with Crippen molar-refractivity contribution in [3.8, 4) is 11.8 Å². The van der Waals surface area contributed by atoms with Crippen LogP contribution in [0.2, 0.25) is 0 Å². The molecule has 1 unspecified atom stereocenters. The van der Waals surface area contributed by atoms with Gasteiger partial charge in [0.1, 0.15) is 12.4 Å². The first-order valence-corrected chi connectivity index (χ1v) is 6.35. The summed E-state index contributed by atoms with van der Waals surface area (Å²) in [4.78, 5) is 0. The van der Waals surface area contributed by atoms with Crippen molar-refractivity contribution in [2.45, 2.75) is 44.8 Å². The van der Waals surface area contributed by atoms with Gasteiger partial charge >= 0.3 is 0 Å². The van der Waals surface area contributed by atoms with Crippen molar-refractivity contribution in [3.05, 3.63) is 29.8 Å². The van der Waals surface area contributed by atoms with Gasteiger partial charge in [-0.25, -0.2) is 0 Å². The van der Waals surface area contributed by atoms with Gasteiger partial charge in [-0.3, -0.25) is 0 Å². The topological polar surface area (TPSA) is 42.2 Å². The molecule has 0 amide bonds. The molecule has 0 aromatic heterocycles. The van der Waals surface area contributed by atoms with Gasteiger partial charge in [0.15, 0.2) is 0 Å². The minimum Gasteiger partial charge on any atom is -0.491 e. The van der Waals surface area contributed by atoms with Crippen molar-refractivity contribution in [3.63, 3.8) is 0 Å². The molecule has 2 rings (SSSR count). The van der Waals surface area contributed by atoms with Crippen LogP contribution >= 0.6 is 0 Å². The predicted molar refractivity (Wildman–Crippen MR) is 69.4 cm³/mol. The van der Waals surface area contributed by atoms with E-state index in [4.69, 9.17) is 14.7 Å². The van der Waals surface area contributed by atoms with Crippen molar-refractivity contribution in [1.29, 1.82) is 5.26 Å². The van der Waals surface area contributed by atoms with E-state index in [0.717, 1.165) is 24.2 Å². The average molecular weight is 245 g/mol. The van der Waals surface area contributed by atoms with Crippen LogP contribution in [0.5, 0.6) is 5.75 Å². The summed E-state index contributed by atoms with van der Waals surface area (Å²) < 4.78 is 11.6. The van der Waals surface area contributed by atoms with Crippen molar-refractivity contribution in [1.82, 2.24) is 0 Å². The zero-order valence-electron chi connectivity index (χ0n) is 11.0. The van der Waals surface area contributed by atoms with Gasteiger partial charge in [-0.15, -0.1) is 0 Å². The van der Waals surface area contributed by atoms with E-state index in [2.05, 4.69) is 19.9 Å². The van der Waals surface area contributed by atoms with Crippen LogP contribution in [0, 0.1) is 11.3 Å². The second-order valence-corrected chi connectivity index (χ2v) is 5.33. The number of ether oxygens (including phenoxy) is 2. The fraction of sp³-hybridized carbons (Fsp3) is 0.533. The van der Waals surface area contributed by atoms with Gasteiger partial charge in [-0.1, -0.05) is 12.1 Å². The summed E-state index contributed by atoms with van der Waals surface area (Å²) in [5, 5.41) is 8.59. The lowest BCUT2D eigenvalue weighted by Crippen LogP contribution is -2.23. The molecule has 0 N–H and O–H groups in total. The number of rotatable bonds is 4. The van der Waals surface area contributed by atoms with Crippen LogP contribution in [-0.4, -0.2) is 18.3 Å². The molecular formula is C15H19NO2. The standard InChI is InChI=1S/C15H19NO2/c1-15(2)9-7-14(18-15)11-17-13-5-3-12(4-6-13)8-10-16/h3-6,14H,7-9,11H2,1-2H3. The minimum atomic E-state index is -0.00925. The van der Waals surface area contributed by atoms with Crippen molar-refractivity contribution < 1.29 is 9.47 Å². The Morgan fingerprint density at radius 1 is 1.39 bits per heavy atom. The Labute approximate surface area is 108 Å². The molecule has 0 spiro atoms. The van der Waals surface area contributed by atoms with Gasteiger partial charge in [0.05, 0.1) is 24.2 Å². The van der Waals surface area contributed by atoms with Gasteiger partial charge in [-0.05, 0) is 44.4 Å². The Bertz CT molecular complexity index is 431. The summed E-state index contributed by atoms with van der Waals surface area (Å²) in [5.41, 5.74) is 1.01. The molecule has 1 saturated heterocycles. The van der Waals surface area contributed by atoms with E-state index in [-0.39, 0.29) is 11.7 Å². The summed E-state index contributed by atoms with van der Waals surface area (Å²) >= 11 is 0. The highest BCUT2D eigenvalue weighted by atomic mass is 16.6. The van der Waals surface area contributed by atoms with Crippen LogP contribution in [0.25, 0.3) is 0 Å². The molecule has 18 heavy (non-hydrogen) atoms. The Kier molecular flexibility index (Phi) is 3.88. The summed E-state index contributed by atoms with van der Waals surface area (Å²) in [5.74, 6) is 0.838. The van der Waals surface area contributed by atoms with Crippen LogP contribution in [0.1, 0.15) is 32.3 Å². The quantitative estimate of drug-likeness (QED) is 0.818. The molecule has 1 atom stereocenters. The molecule has 3 heteroatoms. The highest BCUT2D eigenvalue weighted by Crippen LogP contribution is 2.29. The van der Waals surface area contributed by atoms with Crippen molar-refractivity contribution >= 4 is 0 Å². The molecule has 0 bridgehead atoms. The van der Waals surface area contributed by atoms with Gasteiger partial charge in [-0.2, -0.15) is 5.26 Å². The average Bonchev–Trinajstić information content (AvgIpc) is 2.69. The smallest absolute Gasteiger partial charge is 0.119 e. The lowest BCUT2D eigenvalue weighted by Gasteiger charge is -2.19. The van der Waals surface area contributed by atoms with Gasteiger partial charge in [0.2, 0.25) is 0 Å². The van der Waals surface area contributed by atoms with E-state index in [1.807, 2.05) is 24.3 Å². The Balaban J connectivity index is 1.82. The largest absolute Gasteiger partial charge is 0.491 e. The highest BCUT2D eigenvalue weighted by molar-refractivity contribution is 5.28. The monoisotopic (exact) mass is 245 g/mol. The van der Waals surface area contributed by atoms with Gasteiger partial charge in [0.25, 0.3) is 0 Å². The third-order valence-corrected chi connectivity index (χ3v) is 3.20. The van der Waals surface area contributed by atoms with E-state index in [9.17, 15) is 0 Å². The fourth-order valence-electron chi connectivity index (χ4n) is 2.18. The highest BCUT2D eigenvalue weighted by Gasteiger charge is 2.31. The molecular weight excluding hydrogens is 226 g/mol. The van der Waals surface area contributed by atoms with E-state index >= 15 is 0 Å². The summed E-state index contributed by atoms with van der Waals surface area (Å²) in [6.45, 7) is 4.83. The minimum absolute atomic E-state index is 0.00925. The van der Waals surface area contributed by atoms with Crippen LogP contribution in [-0.2, 0) is 11.2 Å². The lowest BCUT2D eigenvalue weighted by molar-refractivity contribution is -0.0326. The summed E-state index contributed by atoms with van der Waals surface area (Å²) in [6, 6.07) is 9.80. The molecule has 0 saturated carbocycles. The van der Waals surface area contributed by atoms with Crippen molar-refractivity contribution in [2.24, 2.45) is 0 Å². The SMILES string of the molecule is CC1(C)CCC(COc2ccc(CC#N)cc2)O1. The third kappa shape index (κ3) is 3.48. The van der Waals surface area contributed by atoms with E-state index in [0.29, 0.717) is 13.0 Å². The van der Waals surface area contributed by atoms with Gasteiger partial charge < -0.3 is 9.47 Å². The van der Waals surface area contributed by atoms with Gasteiger partial charge in [0, 0.05) is 0 Å². The van der Waals surface area contributed by atoms with Crippen molar-refractivity contribution in [2.75, 3.05) is 6.61 Å². The molecule has 1 aromatic carbocycles. The number of hydrogen-bond acceptors (Lipinski definition) is 3. The van der Waals surface area contributed by atoms with Crippen LogP contribution in [0.4, 0.5) is 0 Å². The first-order valence-electron chi connectivity index (χ1n) is 6.35. The molecule has 1 aliphatic rings. The molecule has 1 aromatic rings. The van der Waals surface area contributed by atoms with Crippen LogP contribution in [0.15, 0.2) is 24.3 Å². The maximum absolute atomic E-state index is 8.59. The van der Waals surface area contributed by atoms with Crippen LogP contribution in [0.3, 0.4) is 0 Å². The maximum Gasteiger partial charge on any atom is 0.119 e. The zero-order chi connectivity index (χ0) is 13.0. The Morgan fingerprint density at radius 2 is 2.11 bits per heavy atom. The number of benzene rings is 1. The first kappa shape index (κ1) is 12.9. The third-order valence-electron chi connectivity index (χ3n) is 3.20. The summed E-state index contributed by atoms with van der Waals surface area (Å²) in [7, 11) is 0. The second kappa shape index (κ2) is 5.41. The molecule has 0 radical (unpaired) electrons. The molecule has 1 fully saturated rings. The number of nitrogens with zero attached hydrogens (tertiary/aromatic N) is 1. The second-order valence-electron chi connectivity index (χ2n) is 5.33. The molecule has 1 heterocycles.